The first-order chi connectivity index (χ1) is 42.8. The number of nitro groups is 1. The van der Waals surface area contributed by atoms with E-state index < -0.39 is 128 Å². The maximum atomic E-state index is 12.7. The summed E-state index contributed by atoms with van der Waals surface area (Å²) in [5.74, 6) is -4.91. The van der Waals surface area contributed by atoms with Gasteiger partial charge in [-0.3, -0.25) is 42.2 Å². The molecule has 0 aliphatic rings. The van der Waals surface area contributed by atoms with Gasteiger partial charge >= 0.3 is 0 Å². The molecule has 6 aromatic rings. The third-order valence-electron chi connectivity index (χ3n) is 11.3. The van der Waals surface area contributed by atoms with Crippen LogP contribution in [0.15, 0.2) is 129 Å². The first-order valence-electron chi connectivity index (χ1n) is 25.6. The van der Waals surface area contributed by atoms with Gasteiger partial charge in [0.15, 0.2) is 0 Å². The summed E-state index contributed by atoms with van der Waals surface area (Å²) in [7, 11) is -27.8. The average molecular weight is 1440 g/mol. The molecule has 0 radical (unpaired) electrons. The zero-order chi connectivity index (χ0) is 68.0. The lowest BCUT2D eigenvalue weighted by molar-refractivity contribution is -0.385. The fraction of sp³-hybridized carbons (Fsp3) is 0.277. The summed E-state index contributed by atoms with van der Waals surface area (Å²) < 4.78 is 205. The van der Waals surface area contributed by atoms with Crippen LogP contribution in [0, 0.1) is 17.0 Å². The van der Waals surface area contributed by atoms with Crippen LogP contribution in [-0.4, -0.2) is 151 Å². The first-order valence-corrected chi connectivity index (χ1v) is 36.9. The van der Waals surface area contributed by atoms with Crippen molar-refractivity contribution in [2.45, 2.75) is 52.7 Å². The van der Waals surface area contributed by atoms with Gasteiger partial charge in [0.05, 0.1) is 62.2 Å². The number of hydrogen-bond donors (Lipinski definition) is 11. The van der Waals surface area contributed by atoms with Gasteiger partial charge in [0.2, 0.25) is 23.8 Å². The van der Waals surface area contributed by atoms with Crippen LogP contribution < -0.4 is 31.7 Å². The summed E-state index contributed by atoms with van der Waals surface area (Å²) in [6, 6.07) is 14.8. The Morgan fingerprint density at radius 1 is 0.587 bits per heavy atom. The Kier molecular flexibility index (Phi) is 24.6. The zero-order valence-electron chi connectivity index (χ0n) is 47.3. The molecule has 0 saturated heterocycles. The molecule has 0 bridgehead atoms. The lowest BCUT2D eigenvalue weighted by atomic mass is 10.1. The predicted molar refractivity (Wildman–Crippen MR) is 336 cm³/mol. The Hall–Kier alpha value is -8.06. The number of ether oxygens (including phenoxy) is 1. The number of aromatic nitrogens is 3. The number of nitro benzene ring substituents is 1. The lowest BCUT2D eigenvalue weighted by Gasteiger charge is -2.15. The van der Waals surface area contributed by atoms with E-state index in [4.69, 9.17) is 10.5 Å². The molecule has 45 heteroatoms. The maximum Gasteiger partial charge on any atom is 0.297 e. The van der Waals surface area contributed by atoms with Crippen LogP contribution in [0.25, 0.3) is 0 Å². The fourth-order valence-electron chi connectivity index (χ4n) is 7.33. The second-order valence-electron chi connectivity index (χ2n) is 18.8. The van der Waals surface area contributed by atoms with Crippen molar-refractivity contribution in [3.05, 3.63) is 94.5 Å². The molecule has 0 aliphatic heterocycles. The number of nitrogen functional groups attached to an aromatic ring is 1. The monoisotopic (exact) mass is 1440 g/mol. The maximum absolute atomic E-state index is 12.7. The molecular weight excluding hydrogens is 1380 g/mol. The van der Waals surface area contributed by atoms with Crippen molar-refractivity contribution in [3.8, 4) is 5.75 Å². The molecule has 0 saturated carbocycles. The molecule has 496 valence electrons. The van der Waals surface area contributed by atoms with Crippen LogP contribution in [0.3, 0.4) is 0 Å². The van der Waals surface area contributed by atoms with Crippen molar-refractivity contribution in [1.82, 2.24) is 15.0 Å². The van der Waals surface area contributed by atoms with Gasteiger partial charge in [0.1, 0.15) is 39.1 Å². The number of anilines is 7. The fourth-order valence-corrected chi connectivity index (χ4v) is 12.6. The normalized spacial score (nSPS) is 12.6. The smallest absolute Gasteiger partial charge is 0.297 e. The Morgan fingerprint density at radius 2 is 1.10 bits per heavy atom. The van der Waals surface area contributed by atoms with E-state index in [1.807, 2.05) is 0 Å². The summed E-state index contributed by atoms with van der Waals surface area (Å²) >= 11 is 1.85. The van der Waals surface area contributed by atoms with Crippen LogP contribution in [-0.2, 0) is 65.5 Å². The second kappa shape index (κ2) is 31.0. The molecule has 37 nitrogen and oxygen atoms in total. The number of aryl methyl sites for hydroxylation is 1. The van der Waals surface area contributed by atoms with Gasteiger partial charge in [-0.1, -0.05) is 6.07 Å². The highest BCUT2D eigenvalue weighted by molar-refractivity contribution is 7.99. The largest absolute Gasteiger partial charge is 0.491 e. The minimum atomic E-state index is -5.18. The van der Waals surface area contributed by atoms with Crippen LogP contribution in [0.1, 0.15) is 31.7 Å². The number of non-ortho nitro benzene ring substituents is 1. The highest BCUT2D eigenvalue weighted by atomic mass is 32.2. The number of carbonyl (C=O) groups excluding carboxylic acids is 1. The number of nitrogens with two attached hydrogens (primary N) is 1. The van der Waals surface area contributed by atoms with E-state index in [0.717, 1.165) is 54.7 Å². The van der Waals surface area contributed by atoms with E-state index >= 15 is 0 Å². The van der Waals surface area contributed by atoms with Crippen molar-refractivity contribution in [2.75, 3.05) is 74.7 Å². The molecule has 1 amide bonds. The summed E-state index contributed by atoms with van der Waals surface area (Å²) in [4.78, 5) is 34.8. The summed E-state index contributed by atoms with van der Waals surface area (Å²) in [5, 5.41) is 48.1. The highest BCUT2D eigenvalue weighted by Crippen LogP contribution is 2.45. The van der Waals surface area contributed by atoms with Gasteiger partial charge in [-0.2, -0.15) is 70.6 Å². The van der Waals surface area contributed by atoms with Crippen LogP contribution in [0.2, 0.25) is 0 Å². The molecule has 1 heterocycles. The minimum Gasteiger partial charge on any atom is -0.491 e. The van der Waals surface area contributed by atoms with Crippen LogP contribution in [0.4, 0.5) is 80.4 Å². The number of azo groups is 3. The van der Waals surface area contributed by atoms with Crippen LogP contribution in [0.5, 0.6) is 5.75 Å². The number of thioether (sulfide) groups is 2. The van der Waals surface area contributed by atoms with E-state index in [1.165, 1.54) is 48.5 Å². The van der Waals surface area contributed by atoms with Crippen molar-refractivity contribution in [2.24, 2.45) is 30.7 Å². The molecule has 6 rings (SSSR count). The molecular formula is C47H53N15O22S8. The van der Waals surface area contributed by atoms with Gasteiger partial charge in [0, 0.05) is 47.1 Å². The molecule has 0 atom stereocenters. The van der Waals surface area contributed by atoms with Crippen LogP contribution >= 0.6 is 23.5 Å². The minimum absolute atomic E-state index is 0.0228. The molecule has 12 N–H and O–H groups in total. The molecule has 5 aromatic carbocycles. The third kappa shape index (κ3) is 24.2. The number of amides is 1. The molecule has 1 aromatic heterocycles. The number of nitrogens with zero attached hydrogens (tertiary/aromatic N) is 10. The molecule has 92 heavy (non-hydrogen) atoms. The standard InChI is InChI=1S/C47H53N15O22S8/c1-27-19-32(48)41(84-12-4-15-87(66,67)68)24-34(27)57-60-40-23-36(52-47-54-45(49-11-18-90(75,76)77)53-46(55-47)51-29-7-3-8-31(20-29)91(78,79)80)38(26-43(40)86-14-6-17-89(72,73)74)59-61-39-22-35(50-28(2)63)37(25-42(39)85-13-5-16-88(69,70)71)58-56-33-10-9-30(62(64)65)21-44(33)92(81,82)83/h3,7-10,19-26H,4-6,11-18,48H2,1-2H3,(H,50,63)(H,66,67,68)(H,69,70,71)(H,72,73,74)(H,75,76,77)(H,78,79,80)(H,81,82,83)(H3,49,51,52,53,54,55). The number of hydrogen-bond acceptors (Lipinski definition) is 31. The topological polar surface area (TPSA) is 583 Å². The number of nitrogens with one attached hydrogen (secondary N) is 4. The summed E-state index contributed by atoms with van der Waals surface area (Å²) in [6.45, 7) is 1.97. The highest BCUT2D eigenvalue weighted by Gasteiger charge is 2.23. The van der Waals surface area contributed by atoms with Gasteiger partial charge in [-0.25, -0.2) is 0 Å². The first kappa shape index (κ1) is 73.0. The van der Waals surface area contributed by atoms with E-state index in [9.17, 15) is 92.7 Å². The average Bonchev–Trinajstić information content (AvgIpc) is 0.825. The molecule has 0 unspecified atom stereocenters. The predicted octanol–water partition coefficient (Wildman–Crippen LogP) is 8.55. The Morgan fingerprint density at radius 3 is 1.64 bits per heavy atom. The number of benzene rings is 5. The van der Waals surface area contributed by atoms with Crippen molar-refractivity contribution >= 4 is 171 Å². The number of rotatable bonds is 33. The molecule has 0 spiro atoms. The van der Waals surface area contributed by atoms with E-state index in [-0.39, 0.29) is 116 Å². The molecule has 0 aliphatic carbocycles. The van der Waals surface area contributed by atoms with Crippen molar-refractivity contribution in [1.29, 1.82) is 0 Å². The van der Waals surface area contributed by atoms with Gasteiger partial charge < -0.3 is 31.7 Å². The van der Waals surface area contributed by atoms with Crippen molar-refractivity contribution < 1.29 is 92.3 Å². The SMILES string of the molecule is CC(=O)Nc1cc(N=Nc2cc(SCCCS(=O)(=O)O)c(N=Nc3cc(OCCCS(=O)(=O)O)c(N)cc3C)cc2Nc2nc(NCCS(=O)(=O)O)nc(Nc3cccc(S(=O)(=O)O)c3)n2)c(SCCCS(=O)(=O)O)cc1N=Nc1ccc([N+](=O)[O-])cc1S(=O)(=O)O. The Balaban J connectivity index is 1.60. The Labute approximate surface area is 532 Å². The van der Waals surface area contributed by atoms with Gasteiger partial charge in [-0.05, 0) is 97.9 Å². The second-order valence-corrected chi connectivity index (χ2v) is 30.1. The summed E-state index contributed by atoms with van der Waals surface area (Å²) in [6.07, 6.45) is -0.471. The lowest BCUT2D eigenvalue weighted by Crippen LogP contribution is -2.17. The molecule has 0 fully saturated rings. The number of carbonyl (C=O) groups is 1. The zero-order valence-corrected chi connectivity index (χ0v) is 53.8. The van der Waals surface area contributed by atoms with Gasteiger partial charge in [0.25, 0.3) is 66.4 Å². The van der Waals surface area contributed by atoms with E-state index in [0.29, 0.717) is 11.6 Å². The van der Waals surface area contributed by atoms with E-state index in [2.05, 4.69) is 66.9 Å². The summed E-state index contributed by atoms with van der Waals surface area (Å²) in [5.41, 5.74) is 4.51. The van der Waals surface area contributed by atoms with E-state index in [1.54, 1.807) is 6.92 Å². The van der Waals surface area contributed by atoms with Crippen molar-refractivity contribution in [3.63, 3.8) is 0 Å². The third-order valence-corrected chi connectivity index (χ3v) is 18.5. The quantitative estimate of drug-likeness (QED) is 0.00349. The van der Waals surface area contributed by atoms with Gasteiger partial charge in [-0.15, -0.1) is 49.1 Å². The Bertz CT molecular complexity index is 4610.